The number of nitrogens with two attached hydrogens (primary N) is 2. The average Bonchev–Trinajstić information content (AvgIpc) is 3.64. The number of aliphatic carboxylic acids is 2. The lowest BCUT2D eigenvalue weighted by molar-refractivity contribution is -0.142. The number of nitrogens with one attached hydrogen (secondary N) is 6. The van der Waals surface area contributed by atoms with Crippen LogP contribution in [0.1, 0.15) is 43.4 Å². The Balaban J connectivity index is 2.24. The normalized spacial score (nSPS) is 14.4. The van der Waals surface area contributed by atoms with Crippen LogP contribution >= 0.6 is 25.3 Å². The quantitative estimate of drug-likeness (QED) is 0.0404. The monoisotopic (exact) mass is 765 g/mol. The van der Waals surface area contributed by atoms with Crippen LogP contribution in [0.2, 0.25) is 0 Å². The number of imidazole rings is 1. The van der Waals surface area contributed by atoms with Crippen LogP contribution in [0.3, 0.4) is 0 Å². The fourth-order valence-corrected chi connectivity index (χ4v) is 5.24. The number of carboxylic acids is 2. The Morgan fingerprint density at radius 2 is 1.27 bits per heavy atom. The van der Waals surface area contributed by atoms with Gasteiger partial charge in [-0.05, 0) is 37.8 Å². The van der Waals surface area contributed by atoms with Gasteiger partial charge >= 0.3 is 11.9 Å². The third-order valence-electron chi connectivity index (χ3n) is 7.72. The van der Waals surface area contributed by atoms with Gasteiger partial charge in [0.05, 0.1) is 12.4 Å². The van der Waals surface area contributed by atoms with Crippen molar-refractivity contribution in [3.8, 4) is 0 Å². The summed E-state index contributed by atoms with van der Waals surface area (Å²) in [5.41, 5.74) is 12.4. The summed E-state index contributed by atoms with van der Waals surface area (Å²) in [5, 5.41) is 31.4. The maximum Gasteiger partial charge on any atom is 0.326 e. The number of amides is 5. The van der Waals surface area contributed by atoms with E-state index in [0.29, 0.717) is 30.6 Å². The molecule has 0 aliphatic carbocycles. The predicted octanol–water partition coefficient (Wildman–Crippen LogP) is -2.12. The van der Waals surface area contributed by atoms with Gasteiger partial charge in [-0.3, -0.25) is 28.8 Å². The summed E-state index contributed by atoms with van der Waals surface area (Å²) in [6.45, 7) is 0.315. The van der Waals surface area contributed by atoms with Crippen molar-refractivity contribution in [2.45, 2.75) is 81.2 Å². The third-order valence-corrected chi connectivity index (χ3v) is 8.48. The number of benzene rings is 1. The summed E-state index contributed by atoms with van der Waals surface area (Å²) >= 11 is 8.17. The minimum atomic E-state index is -1.39. The Morgan fingerprint density at radius 3 is 1.83 bits per heavy atom. The number of carboxylic acid groups (broad SMARTS) is 2. The Labute approximate surface area is 311 Å². The van der Waals surface area contributed by atoms with Gasteiger partial charge in [-0.1, -0.05) is 30.3 Å². The number of aromatic nitrogens is 2. The Morgan fingerprint density at radius 1 is 0.712 bits per heavy atom. The number of rotatable bonds is 24. The van der Waals surface area contributed by atoms with Crippen LogP contribution in [0.15, 0.2) is 42.9 Å². The lowest BCUT2D eigenvalue weighted by Gasteiger charge is -2.26. The highest BCUT2D eigenvalue weighted by atomic mass is 32.1. The molecule has 6 atom stereocenters. The van der Waals surface area contributed by atoms with Gasteiger partial charge in [0.1, 0.15) is 30.2 Å². The lowest BCUT2D eigenvalue weighted by atomic mass is 10.0. The second-order valence-electron chi connectivity index (χ2n) is 11.8. The second-order valence-corrected chi connectivity index (χ2v) is 12.5. The topological polar surface area (TPSA) is 301 Å². The summed E-state index contributed by atoms with van der Waals surface area (Å²) in [6.07, 6.45) is 2.80. The van der Waals surface area contributed by atoms with E-state index < -0.39 is 84.1 Å². The molecule has 0 aliphatic rings. The molecule has 5 amide bonds. The van der Waals surface area contributed by atoms with Gasteiger partial charge in [-0.15, -0.1) is 0 Å². The first-order valence-electron chi connectivity index (χ1n) is 16.4. The van der Waals surface area contributed by atoms with Crippen LogP contribution in [-0.2, 0) is 46.4 Å². The number of aromatic amines is 1. The molecule has 0 saturated carbocycles. The van der Waals surface area contributed by atoms with Crippen LogP contribution in [0.4, 0.5) is 0 Å². The number of unbranched alkanes of at least 4 members (excludes halogenated alkanes) is 1. The minimum Gasteiger partial charge on any atom is -0.481 e. The third kappa shape index (κ3) is 15.3. The number of hydrogen-bond acceptors (Lipinski definition) is 12. The van der Waals surface area contributed by atoms with E-state index >= 15 is 0 Å². The molecule has 20 heteroatoms. The van der Waals surface area contributed by atoms with Gasteiger partial charge in [-0.25, -0.2) is 9.78 Å². The van der Waals surface area contributed by atoms with Crippen LogP contribution in [0.5, 0.6) is 0 Å². The molecule has 2 aromatic rings. The molecule has 1 heterocycles. The first-order valence-corrected chi connectivity index (χ1v) is 17.7. The van der Waals surface area contributed by atoms with Crippen molar-refractivity contribution in [3.63, 3.8) is 0 Å². The molecule has 0 saturated heterocycles. The Bertz CT molecular complexity index is 1480. The molecule has 0 aliphatic heterocycles. The summed E-state index contributed by atoms with van der Waals surface area (Å²) in [5.74, 6) is -6.89. The van der Waals surface area contributed by atoms with Crippen LogP contribution in [-0.4, -0.2) is 116 Å². The number of nitrogens with zero attached hydrogens (tertiary/aromatic N) is 1. The van der Waals surface area contributed by atoms with Gasteiger partial charge in [0, 0.05) is 42.7 Å². The van der Waals surface area contributed by atoms with Crippen LogP contribution in [0.25, 0.3) is 0 Å². The largest absolute Gasteiger partial charge is 0.481 e. The van der Waals surface area contributed by atoms with Crippen molar-refractivity contribution in [1.82, 2.24) is 36.6 Å². The highest BCUT2D eigenvalue weighted by Gasteiger charge is 2.33. The van der Waals surface area contributed by atoms with Crippen LogP contribution in [0, 0.1) is 0 Å². The van der Waals surface area contributed by atoms with E-state index in [1.165, 1.54) is 12.5 Å². The first-order chi connectivity index (χ1) is 24.8. The van der Waals surface area contributed by atoms with Crippen molar-refractivity contribution in [1.29, 1.82) is 0 Å². The highest BCUT2D eigenvalue weighted by molar-refractivity contribution is 7.80. The molecule has 52 heavy (non-hydrogen) atoms. The molecule has 0 fully saturated rings. The van der Waals surface area contributed by atoms with Crippen molar-refractivity contribution in [2.24, 2.45) is 11.5 Å². The zero-order valence-electron chi connectivity index (χ0n) is 28.3. The molecular formula is C32H47N9O9S2. The molecule has 0 spiro atoms. The van der Waals surface area contributed by atoms with Crippen molar-refractivity contribution in [3.05, 3.63) is 54.1 Å². The summed E-state index contributed by atoms with van der Waals surface area (Å²) in [7, 11) is 0. The number of carbonyl (C=O) groups excluding carboxylic acids is 5. The molecule has 12 N–H and O–H groups in total. The molecule has 18 nitrogen and oxygen atoms in total. The highest BCUT2D eigenvalue weighted by Crippen LogP contribution is 2.08. The Kier molecular flexibility index (Phi) is 19.3. The van der Waals surface area contributed by atoms with Gasteiger partial charge in [0.25, 0.3) is 0 Å². The zero-order chi connectivity index (χ0) is 38.6. The number of carbonyl (C=O) groups is 7. The van der Waals surface area contributed by atoms with Crippen molar-refractivity contribution in [2.75, 3.05) is 18.1 Å². The maximum absolute atomic E-state index is 13.6. The lowest BCUT2D eigenvalue weighted by Crippen LogP contribution is -2.60. The van der Waals surface area contributed by atoms with E-state index in [1.54, 1.807) is 30.3 Å². The number of H-pyrrole nitrogens is 1. The maximum atomic E-state index is 13.6. The zero-order valence-corrected chi connectivity index (χ0v) is 30.1. The molecule has 0 unspecified atom stereocenters. The van der Waals surface area contributed by atoms with Gasteiger partial charge < -0.3 is 53.2 Å². The molecule has 286 valence electrons. The molecule has 2 rings (SSSR count). The number of thiol groups is 2. The van der Waals surface area contributed by atoms with E-state index in [2.05, 4.69) is 61.8 Å². The van der Waals surface area contributed by atoms with Crippen molar-refractivity contribution < 1.29 is 43.8 Å². The molecule has 0 radical (unpaired) electrons. The Hall–Kier alpha value is -4.66. The molecule has 1 aromatic carbocycles. The second kappa shape index (κ2) is 23.0. The smallest absolute Gasteiger partial charge is 0.326 e. The summed E-state index contributed by atoms with van der Waals surface area (Å²) in [4.78, 5) is 96.2. The van der Waals surface area contributed by atoms with Gasteiger partial charge in [0.2, 0.25) is 29.5 Å². The number of hydrogen-bond donors (Lipinski definition) is 12. The fraction of sp³-hybridized carbons (Fsp3) is 0.500. The fourth-order valence-electron chi connectivity index (χ4n) is 4.82. The van der Waals surface area contributed by atoms with E-state index in [-0.39, 0.29) is 37.2 Å². The van der Waals surface area contributed by atoms with Gasteiger partial charge in [0.15, 0.2) is 0 Å². The SMILES string of the molecule is NCCCC[C@@H](NC(=O)[C@H](CS)NC(=O)[C@H](Cc1cnc[nH]1)NC(=O)[C@H](CCC(=O)O)NC(=O)[C@@H](N)CS)C(=O)N[C@@H](Cc1ccccc1)C(=O)O. The minimum absolute atomic E-state index is 0.00696. The van der Waals surface area contributed by atoms with E-state index in [0.717, 1.165) is 0 Å². The summed E-state index contributed by atoms with van der Waals surface area (Å²) in [6, 6.07) is 0.993. The molecule has 1 aromatic heterocycles. The van der Waals surface area contributed by atoms with Crippen LogP contribution < -0.4 is 38.1 Å². The summed E-state index contributed by atoms with van der Waals surface area (Å²) < 4.78 is 0. The predicted molar refractivity (Wildman–Crippen MR) is 195 cm³/mol. The van der Waals surface area contributed by atoms with Gasteiger partial charge in [-0.2, -0.15) is 25.3 Å². The average molecular weight is 766 g/mol. The van der Waals surface area contributed by atoms with E-state index in [1.807, 2.05) is 0 Å². The molecular weight excluding hydrogens is 719 g/mol. The molecule has 0 bridgehead atoms. The standard InChI is InChI=1S/C32H47N9O9S2/c33-11-5-4-8-21(28(45)40-24(32(49)50)12-18-6-2-1-3-7-18)38-31(48)25(16-52)41-30(47)23(13-19-14-35-17-36-19)39-29(46)22(9-10-26(42)43)37-27(44)20(34)15-51/h1-3,6-7,14,17,20-25,51-52H,4-5,8-13,15-16,33-34H2,(H,35,36)(H,37,44)(H,38,48)(H,39,46)(H,40,45)(H,41,47)(H,42,43)(H,49,50)/t20-,21+,22-,23-,24-,25-/m0/s1. The first kappa shape index (κ1) is 43.5. The van der Waals surface area contributed by atoms with E-state index in [4.69, 9.17) is 11.5 Å². The van der Waals surface area contributed by atoms with E-state index in [9.17, 15) is 43.8 Å². The van der Waals surface area contributed by atoms with Crippen molar-refractivity contribution >= 4 is 66.7 Å².